The largest absolute Gasteiger partial charge is 0.348 e. The summed E-state index contributed by atoms with van der Waals surface area (Å²) in [7, 11) is 3.72. The van der Waals surface area contributed by atoms with E-state index >= 15 is 0 Å². The minimum Gasteiger partial charge on any atom is -0.348 e. The van der Waals surface area contributed by atoms with Crippen LogP contribution in [-0.4, -0.2) is 36.4 Å². The number of hydrogen-bond donors (Lipinski definition) is 1. The van der Waals surface area contributed by atoms with Gasteiger partial charge in [0.2, 0.25) is 5.91 Å². The maximum absolute atomic E-state index is 12.6. The van der Waals surface area contributed by atoms with Crippen LogP contribution in [0.25, 0.3) is 10.2 Å². The Balaban J connectivity index is 1.71. The second-order valence-corrected chi connectivity index (χ2v) is 7.81. The minimum atomic E-state index is -0.224. The molecule has 0 aliphatic heterocycles. The van der Waals surface area contributed by atoms with Gasteiger partial charge in [0.25, 0.3) is 0 Å². The number of hydrogen-bond acceptors (Lipinski definition) is 4. The molecule has 1 atom stereocenters. The average Bonchev–Trinajstić information content (AvgIpc) is 3.20. The Kier molecular flexibility index (Phi) is 4.69. The van der Waals surface area contributed by atoms with Crippen LogP contribution in [0, 0.1) is 5.41 Å². The molecule has 0 unspecified atom stereocenters. The Morgan fingerprint density at radius 3 is 2.87 bits per heavy atom. The summed E-state index contributed by atoms with van der Waals surface area (Å²) in [6.07, 6.45) is 6.23. The van der Waals surface area contributed by atoms with Gasteiger partial charge < -0.3 is 10.2 Å². The van der Waals surface area contributed by atoms with Crippen molar-refractivity contribution in [1.29, 1.82) is 0 Å². The highest BCUT2D eigenvalue weighted by Gasteiger charge is 2.41. The highest BCUT2D eigenvalue weighted by molar-refractivity contribution is 7.17. The van der Waals surface area contributed by atoms with Crippen LogP contribution in [-0.2, 0) is 4.79 Å². The van der Waals surface area contributed by atoms with Crippen molar-refractivity contribution in [2.75, 3.05) is 20.6 Å². The summed E-state index contributed by atoms with van der Waals surface area (Å²) >= 11 is 1.72. The molecule has 23 heavy (non-hydrogen) atoms. The Labute approximate surface area is 141 Å². The zero-order chi connectivity index (χ0) is 16.4. The number of fused-ring (bicyclic) bond motifs is 1. The molecule has 0 spiro atoms. The van der Waals surface area contributed by atoms with Gasteiger partial charge in [0, 0.05) is 32.9 Å². The Bertz CT molecular complexity index is 688. The van der Waals surface area contributed by atoms with Gasteiger partial charge in [0.05, 0.1) is 15.6 Å². The third kappa shape index (κ3) is 3.26. The lowest BCUT2D eigenvalue weighted by molar-refractivity contribution is -0.139. The summed E-state index contributed by atoms with van der Waals surface area (Å²) in [5.74, 6) is 0.265. The fourth-order valence-electron chi connectivity index (χ4n) is 3.56. The third-order valence-electron chi connectivity index (χ3n) is 4.99. The second-order valence-electron chi connectivity index (χ2n) is 6.86. The maximum atomic E-state index is 12.6. The molecule has 5 heteroatoms. The summed E-state index contributed by atoms with van der Waals surface area (Å²) in [4.78, 5) is 18.9. The average molecular weight is 331 g/mol. The van der Waals surface area contributed by atoms with Crippen LogP contribution < -0.4 is 5.32 Å². The van der Waals surface area contributed by atoms with Crippen LogP contribution in [0.4, 0.5) is 0 Å². The van der Waals surface area contributed by atoms with Gasteiger partial charge in [0.1, 0.15) is 0 Å². The van der Waals surface area contributed by atoms with E-state index in [0.717, 1.165) is 37.7 Å². The molecule has 2 heterocycles. The van der Waals surface area contributed by atoms with Gasteiger partial charge in [-0.25, -0.2) is 0 Å². The summed E-state index contributed by atoms with van der Waals surface area (Å²) in [5.41, 5.74) is 2.02. The second kappa shape index (κ2) is 6.57. The first kappa shape index (κ1) is 16.4. The molecule has 0 bridgehead atoms. The van der Waals surface area contributed by atoms with Gasteiger partial charge >= 0.3 is 0 Å². The Hall–Kier alpha value is -1.46. The lowest BCUT2D eigenvalue weighted by Crippen LogP contribution is -2.45. The number of rotatable bonds is 5. The van der Waals surface area contributed by atoms with Crippen molar-refractivity contribution in [2.45, 2.75) is 38.6 Å². The monoisotopic (exact) mass is 331 g/mol. The molecule has 1 amide bonds. The minimum absolute atomic E-state index is 0.196. The maximum Gasteiger partial charge on any atom is 0.229 e. The van der Waals surface area contributed by atoms with E-state index in [9.17, 15) is 4.79 Å². The van der Waals surface area contributed by atoms with Gasteiger partial charge in [-0.05, 0) is 42.8 Å². The van der Waals surface area contributed by atoms with Crippen LogP contribution in [0.15, 0.2) is 23.7 Å². The molecule has 1 fully saturated rings. The van der Waals surface area contributed by atoms with E-state index in [2.05, 4.69) is 28.7 Å². The van der Waals surface area contributed by atoms with Crippen LogP contribution in [0.1, 0.15) is 44.2 Å². The Morgan fingerprint density at radius 1 is 1.43 bits per heavy atom. The molecule has 124 valence electrons. The SMILES string of the molecule is C[C@@H](NCC1(C(=O)N(C)C)CCCC1)c1cnc2ccsc2c1. The summed E-state index contributed by atoms with van der Waals surface area (Å²) in [5, 5.41) is 5.66. The number of thiophene rings is 1. The van der Waals surface area contributed by atoms with E-state index in [1.807, 2.05) is 26.4 Å². The van der Waals surface area contributed by atoms with E-state index in [0.29, 0.717) is 0 Å². The predicted molar refractivity (Wildman–Crippen MR) is 95.6 cm³/mol. The third-order valence-corrected chi connectivity index (χ3v) is 5.84. The molecule has 4 nitrogen and oxygen atoms in total. The van der Waals surface area contributed by atoms with Gasteiger partial charge in [-0.1, -0.05) is 12.8 Å². The molecular formula is C18H25N3OS. The number of nitrogens with one attached hydrogen (secondary N) is 1. The summed E-state index contributed by atoms with van der Waals surface area (Å²) < 4.78 is 1.22. The molecular weight excluding hydrogens is 306 g/mol. The molecule has 0 radical (unpaired) electrons. The normalized spacial score (nSPS) is 18.2. The topological polar surface area (TPSA) is 45.2 Å². The fraction of sp³-hybridized carbons (Fsp3) is 0.556. The van der Waals surface area contributed by atoms with Crippen LogP contribution in [0.3, 0.4) is 0 Å². The summed E-state index contributed by atoms with van der Waals surface area (Å²) in [6.45, 7) is 2.90. The van der Waals surface area contributed by atoms with Crippen molar-refractivity contribution in [2.24, 2.45) is 5.41 Å². The number of pyridine rings is 1. The van der Waals surface area contributed by atoms with E-state index in [-0.39, 0.29) is 17.4 Å². The molecule has 2 aromatic heterocycles. The van der Waals surface area contributed by atoms with Crippen LogP contribution in [0.5, 0.6) is 0 Å². The first-order valence-electron chi connectivity index (χ1n) is 8.30. The van der Waals surface area contributed by atoms with Crippen molar-refractivity contribution in [3.05, 3.63) is 29.3 Å². The van der Waals surface area contributed by atoms with E-state index < -0.39 is 0 Å². The van der Waals surface area contributed by atoms with Gasteiger partial charge in [-0.3, -0.25) is 9.78 Å². The predicted octanol–water partition coefficient (Wildman–Crippen LogP) is 3.60. The zero-order valence-electron chi connectivity index (χ0n) is 14.1. The van der Waals surface area contributed by atoms with E-state index in [1.165, 1.54) is 10.3 Å². The fourth-order valence-corrected chi connectivity index (χ4v) is 4.35. The number of carbonyl (C=O) groups excluding carboxylic acids is 1. The quantitative estimate of drug-likeness (QED) is 0.910. The molecule has 1 saturated carbocycles. The van der Waals surface area contributed by atoms with Gasteiger partial charge in [0.15, 0.2) is 0 Å². The molecule has 3 rings (SSSR count). The first-order valence-corrected chi connectivity index (χ1v) is 9.18. The standard InChI is InChI=1S/C18H25N3OS/c1-13(14-10-16-15(19-11-14)6-9-23-16)20-12-18(7-4-5-8-18)17(22)21(2)3/h6,9-11,13,20H,4-5,7-8,12H2,1-3H3/t13-/m1/s1. The van der Waals surface area contributed by atoms with Gasteiger partial charge in [-0.2, -0.15) is 0 Å². The van der Waals surface area contributed by atoms with Crippen molar-refractivity contribution in [1.82, 2.24) is 15.2 Å². The molecule has 2 aromatic rings. The first-order chi connectivity index (χ1) is 11.0. The highest BCUT2D eigenvalue weighted by Crippen LogP contribution is 2.39. The lowest BCUT2D eigenvalue weighted by atomic mass is 9.84. The Morgan fingerprint density at radius 2 is 2.17 bits per heavy atom. The zero-order valence-corrected chi connectivity index (χ0v) is 14.9. The molecule has 1 aliphatic rings. The van der Waals surface area contributed by atoms with Crippen molar-refractivity contribution < 1.29 is 4.79 Å². The summed E-state index contributed by atoms with van der Waals surface area (Å²) in [6, 6.07) is 4.45. The number of carbonyl (C=O) groups is 1. The molecule has 1 N–H and O–H groups in total. The molecule has 0 aromatic carbocycles. The number of nitrogens with zero attached hydrogens (tertiary/aromatic N) is 2. The molecule has 1 aliphatic carbocycles. The number of amides is 1. The van der Waals surface area contributed by atoms with Crippen LogP contribution >= 0.6 is 11.3 Å². The van der Waals surface area contributed by atoms with Crippen LogP contribution in [0.2, 0.25) is 0 Å². The molecule has 0 saturated heterocycles. The van der Waals surface area contributed by atoms with Gasteiger partial charge in [-0.15, -0.1) is 11.3 Å². The number of aromatic nitrogens is 1. The van der Waals surface area contributed by atoms with Crippen molar-refractivity contribution in [3.8, 4) is 0 Å². The lowest BCUT2D eigenvalue weighted by Gasteiger charge is -2.32. The van der Waals surface area contributed by atoms with E-state index in [4.69, 9.17) is 0 Å². The smallest absolute Gasteiger partial charge is 0.229 e. The van der Waals surface area contributed by atoms with Crippen molar-refractivity contribution in [3.63, 3.8) is 0 Å². The van der Waals surface area contributed by atoms with E-state index in [1.54, 1.807) is 16.2 Å². The van der Waals surface area contributed by atoms with Crippen molar-refractivity contribution >= 4 is 27.5 Å². The highest BCUT2D eigenvalue weighted by atomic mass is 32.1.